The van der Waals surface area contributed by atoms with Crippen LogP contribution in [0.15, 0.2) is 72.8 Å². The van der Waals surface area contributed by atoms with E-state index in [0.29, 0.717) is 27.6 Å². The summed E-state index contributed by atoms with van der Waals surface area (Å²) in [6.45, 7) is -0.252. The van der Waals surface area contributed by atoms with Crippen LogP contribution >= 0.6 is 23.4 Å². The zero-order valence-electron chi connectivity index (χ0n) is 17.1. The average molecular weight is 482 g/mol. The van der Waals surface area contributed by atoms with Crippen molar-refractivity contribution in [3.63, 3.8) is 0 Å². The van der Waals surface area contributed by atoms with Crippen molar-refractivity contribution in [1.29, 1.82) is 0 Å². The summed E-state index contributed by atoms with van der Waals surface area (Å²) in [5.74, 6) is -1.30. The summed E-state index contributed by atoms with van der Waals surface area (Å²) < 4.78 is 13.2. The van der Waals surface area contributed by atoms with Gasteiger partial charge in [-0.25, -0.2) is 4.39 Å². The van der Waals surface area contributed by atoms with Crippen LogP contribution in [0.1, 0.15) is 5.56 Å². The van der Waals surface area contributed by atoms with Gasteiger partial charge < -0.3 is 5.32 Å². The van der Waals surface area contributed by atoms with Gasteiger partial charge in [-0.2, -0.15) is 0 Å². The molecule has 1 fully saturated rings. The van der Waals surface area contributed by atoms with Gasteiger partial charge >= 0.3 is 0 Å². The lowest BCUT2D eigenvalue weighted by Gasteiger charge is -2.33. The number of carbonyl (C=O) groups is 3. The Morgan fingerprint density at radius 1 is 1.03 bits per heavy atom. The second-order valence-electron chi connectivity index (χ2n) is 7.60. The molecular weight excluding hydrogens is 465 g/mol. The molecule has 1 atom stereocenters. The predicted molar refractivity (Wildman–Crippen MR) is 127 cm³/mol. The van der Waals surface area contributed by atoms with Crippen LogP contribution in [0, 0.1) is 5.82 Å². The quantitative estimate of drug-likeness (QED) is 0.599. The smallest absolute Gasteiger partial charge is 0.269 e. The minimum absolute atomic E-state index is 0.123. The Morgan fingerprint density at radius 2 is 1.73 bits per heavy atom. The molecule has 1 spiro atoms. The summed E-state index contributed by atoms with van der Waals surface area (Å²) >= 11 is 7.26. The fourth-order valence-corrected chi connectivity index (χ4v) is 5.67. The highest BCUT2D eigenvalue weighted by atomic mass is 35.5. The maximum absolute atomic E-state index is 13.9. The number of benzene rings is 3. The average Bonchev–Trinajstić information content (AvgIpc) is 3.27. The first kappa shape index (κ1) is 21.5. The predicted octanol–water partition coefficient (Wildman–Crippen LogP) is 4.40. The van der Waals surface area contributed by atoms with E-state index in [0.717, 1.165) is 0 Å². The van der Waals surface area contributed by atoms with Crippen molar-refractivity contribution < 1.29 is 18.8 Å². The number of para-hydroxylation sites is 1. The van der Waals surface area contributed by atoms with E-state index in [9.17, 15) is 18.8 Å². The standard InChI is InChI=1S/C24H17ClFN3O3S/c25-15-5-11-18(12-6-15)29-22(31)14-33-24(29)19-3-1-2-4-20(19)28(23(24)32)13-21(30)27-17-9-7-16(26)8-10-17/h1-12H,13-14H2,(H,27,30)/t24-/m1/s1. The maximum Gasteiger partial charge on any atom is 0.269 e. The Kier molecular flexibility index (Phi) is 5.34. The lowest BCUT2D eigenvalue weighted by Crippen LogP contribution is -2.50. The highest BCUT2D eigenvalue weighted by Crippen LogP contribution is 2.55. The van der Waals surface area contributed by atoms with Gasteiger partial charge in [-0.05, 0) is 54.6 Å². The van der Waals surface area contributed by atoms with Gasteiger partial charge in [0, 0.05) is 22.0 Å². The molecule has 0 saturated carbocycles. The number of amides is 3. The molecule has 2 aliphatic heterocycles. The lowest BCUT2D eigenvalue weighted by molar-refractivity contribution is -0.124. The summed E-state index contributed by atoms with van der Waals surface area (Å²) in [7, 11) is 0. The van der Waals surface area contributed by atoms with Crippen LogP contribution in [0.2, 0.25) is 5.02 Å². The van der Waals surface area contributed by atoms with Crippen LogP contribution in [0.3, 0.4) is 0 Å². The monoisotopic (exact) mass is 481 g/mol. The van der Waals surface area contributed by atoms with Gasteiger partial charge in [0.15, 0.2) is 0 Å². The molecule has 0 unspecified atom stereocenters. The molecule has 2 heterocycles. The molecule has 0 radical (unpaired) electrons. The minimum atomic E-state index is -1.31. The zero-order valence-corrected chi connectivity index (χ0v) is 18.7. The third kappa shape index (κ3) is 3.55. The number of anilines is 3. The molecule has 9 heteroatoms. The van der Waals surface area contributed by atoms with Gasteiger partial charge in [0.2, 0.25) is 16.7 Å². The third-order valence-corrected chi connectivity index (χ3v) is 7.22. The number of nitrogens with one attached hydrogen (secondary N) is 1. The highest BCUT2D eigenvalue weighted by Gasteiger charge is 2.61. The number of rotatable bonds is 4. The Bertz CT molecular complexity index is 1270. The van der Waals surface area contributed by atoms with E-state index in [1.807, 2.05) is 0 Å². The molecule has 166 valence electrons. The normalized spacial score (nSPS) is 19.3. The van der Waals surface area contributed by atoms with E-state index in [1.165, 1.54) is 45.8 Å². The van der Waals surface area contributed by atoms with E-state index in [-0.39, 0.29) is 24.1 Å². The minimum Gasteiger partial charge on any atom is -0.325 e. The SMILES string of the molecule is O=C(CN1C(=O)[C@]2(SCC(=O)N2c2ccc(Cl)cc2)c2ccccc21)Nc1ccc(F)cc1. The van der Waals surface area contributed by atoms with E-state index >= 15 is 0 Å². The van der Waals surface area contributed by atoms with Crippen molar-refractivity contribution in [2.24, 2.45) is 0 Å². The number of thioether (sulfide) groups is 1. The number of halogens is 2. The molecular formula is C24H17ClFN3O3S. The fourth-order valence-electron chi connectivity index (χ4n) is 4.18. The number of hydrogen-bond acceptors (Lipinski definition) is 4. The van der Waals surface area contributed by atoms with Gasteiger partial charge in [-0.15, -0.1) is 11.8 Å². The zero-order chi connectivity index (χ0) is 23.2. The highest BCUT2D eigenvalue weighted by molar-refractivity contribution is 8.02. The first-order valence-electron chi connectivity index (χ1n) is 10.1. The first-order chi connectivity index (χ1) is 15.9. The van der Waals surface area contributed by atoms with Crippen LogP contribution in [0.4, 0.5) is 21.5 Å². The molecule has 6 nitrogen and oxygen atoms in total. The molecule has 3 amide bonds. The largest absolute Gasteiger partial charge is 0.325 e. The Labute approximate surface area is 198 Å². The van der Waals surface area contributed by atoms with Crippen molar-refractivity contribution in [2.45, 2.75) is 4.87 Å². The van der Waals surface area contributed by atoms with Crippen LogP contribution < -0.4 is 15.1 Å². The molecule has 1 saturated heterocycles. The topological polar surface area (TPSA) is 69.7 Å². The molecule has 5 rings (SSSR count). The summed E-state index contributed by atoms with van der Waals surface area (Å²) in [5, 5.41) is 3.20. The van der Waals surface area contributed by atoms with Crippen molar-refractivity contribution >= 4 is 58.1 Å². The summed E-state index contributed by atoms with van der Waals surface area (Å²) in [6, 6.07) is 19.3. The molecule has 1 N–H and O–H groups in total. The Hall–Kier alpha value is -3.36. The van der Waals surface area contributed by atoms with Gasteiger partial charge in [0.05, 0.1) is 11.4 Å². The molecule has 33 heavy (non-hydrogen) atoms. The van der Waals surface area contributed by atoms with Crippen molar-refractivity contribution in [3.05, 3.63) is 89.2 Å². The van der Waals surface area contributed by atoms with Crippen LogP contribution in [-0.4, -0.2) is 30.0 Å². The summed E-state index contributed by atoms with van der Waals surface area (Å²) in [5.41, 5.74) is 2.19. The van der Waals surface area contributed by atoms with Crippen molar-refractivity contribution in [2.75, 3.05) is 27.4 Å². The first-order valence-corrected chi connectivity index (χ1v) is 11.5. The molecule has 0 aliphatic carbocycles. The van der Waals surface area contributed by atoms with Gasteiger partial charge in [0.25, 0.3) is 5.91 Å². The van der Waals surface area contributed by atoms with E-state index < -0.39 is 16.6 Å². The van der Waals surface area contributed by atoms with E-state index in [4.69, 9.17) is 11.6 Å². The fraction of sp³-hybridized carbons (Fsp3) is 0.125. The molecule has 3 aromatic carbocycles. The van der Waals surface area contributed by atoms with Crippen LogP contribution in [0.5, 0.6) is 0 Å². The molecule has 2 aliphatic rings. The molecule has 0 bridgehead atoms. The van der Waals surface area contributed by atoms with Crippen LogP contribution in [-0.2, 0) is 19.3 Å². The maximum atomic E-state index is 13.9. The van der Waals surface area contributed by atoms with Crippen LogP contribution in [0.25, 0.3) is 0 Å². The van der Waals surface area contributed by atoms with Crippen molar-refractivity contribution in [1.82, 2.24) is 0 Å². The summed E-state index contributed by atoms with van der Waals surface area (Å²) in [4.78, 5) is 41.2. The Balaban J connectivity index is 1.50. The second-order valence-corrected chi connectivity index (χ2v) is 9.21. The van der Waals surface area contributed by atoms with Gasteiger partial charge in [-0.3, -0.25) is 24.2 Å². The van der Waals surface area contributed by atoms with E-state index in [1.54, 1.807) is 48.5 Å². The number of nitrogens with zero attached hydrogens (tertiary/aromatic N) is 2. The van der Waals surface area contributed by atoms with E-state index in [2.05, 4.69) is 5.32 Å². The Morgan fingerprint density at radius 3 is 2.45 bits per heavy atom. The molecule has 0 aromatic heterocycles. The lowest BCUT2D eigenvalue weighted by atomic mass is 10.0. The van der Waals surface area contributed by atoms with Crippen molar-refractivity contribution in [3.8, 4) is 0 Å². The molecule has 3 aromatic rings. The summed E-state index contributed by atoms with van der Waals surface area (Å²) in [6.07, 6.45) is 0. The van der Waals surface area contributed by atoms with Gasteiger partial charge in [-0.1, -0.05) is 29.8 Å². The second kappa shape index (κ2) is 8.20. The van der Waals surface area contributed by atoms with Gasteiger partial charge in [0.1, 0.15) is 12.4 Å². The number of hydrogen-bond donors (Lipinski definition) is 1. The number of carbonyl (C=O) groups excluding carboxylic acids is 3. The number of fused-ring (bicyclic) bond motifs is 2. The third-order valence-electron chi connectivity index (χ3n) is 5.58.